The normalized spacial score (nSPS) is 31.0. The summed E-state index contributed by atoms with van der Waals surface area (Å²) in [6.45, 7) is 4.30. The molecule has 2 saturated heterocycles. The minimum atomic E-state index is -3.49. The average Bonchev–Trinajstić information content (AvgIpc) is 3.36. The fourth-order valence-electron chi connectivity index (χ4n) is 12.8. The van der Waals surface area contributed by atoms with Gasteiger partial charge in [0.05, 0.1) is 37.3 Å². The quantitative estimate of drug-likeness (QED) is 0.0481. The van der Waals surface area contributed by atoms with E-state index in [2.05, 4.69) is 0 Å². The van der Waals surface area contributed by atoms with E-state index in [1.807, 2.05) is 60.7 Å². The third-order valence-corrected chi connectivity index (χ3v) is 20.0. The van der Waals surface area contributed by atoms with E-state index in [1.165, 1.54) is 7.11 Å². The molecule has 4 unspecified atom stereocenters. The second-order valence-corrected chi connectivity index (χ2v) is 26.0. The number of carboxylic acid groups (broad SMARTS) is 1. The van der Waals surface area contributed by atoms with Crippen LogP contribution in [0.5, 0.6) is 0 Å². The molecule has 0 amide bonds. The van der Waals surface area contributed by atoms with Gasteiger partial charge in [-0.15, -0.1) is 0 Å². The third kappa shape index (κ3) is 14.7. The fourth-order valence-corrected chi connectivity index (χ4v) is 16.2. The maximum Gasteiger partial charge on any atom is 0.376 e. The van der Waals surface area contributed by atoms with E-state index >= 15 is 0 Å². The number of carbonyl (C=O) groups excluding carboxylic acids is 5. The molecule has 8 bridgehead atoms. The van der Waals surface area contributed by atoms with Gasteiger partial charge in [-0.2, -0.15) is 17.6 Å². The summed E-state index contributed by atoms with van der Waals surface area (Å²) in [5.74, 6) is -4.34. The molecule has 2 aromatic carbocycles. The lowest BCUT2D eigenvalue weighted by atomic mass is 9.48. The number of esters is 3. The van der Waals surface area contributed by atoms with Crippen LogP contribution in [0.15, 0.2) is 60.7 Å². The van der Waals surface area contributed by atoms with E-state index in [9.17, 15) is 51.4 Å². The summed E-state index contributed by atoms with van der Waals surface area (Å²) < 4.78 is 82.8. The van der Waals surface area contributed by atoms with Gasteiger partial charge >= 0.3 is 35.7 Å². The van der Waals surface area contributed by atoms with Crippen molar-refractivity contribution in [2.45, 2.75) is 102 Å². The maximum atomic E-state index is 13.1. The molecule has 10 aliphatic rings. The molecular weight excluding hydrogens is 997 g/mol. The Morgan fingerprint density at radius 3 is 1.29 bits per heavy atom. The first-order valence-electron chi connectivity index (χ1n) is 25.4. The van der Waals surface area contributed by atoms with Crippen LogP contribution in [0.2, 0.25) is 0 Å². The van der Waals surface area contributed by atoms with Crippen molar-refractivity contribution >= 4 is 57.2 Å². The van der Waals surface area contributed by atoms with Gasteiger partial charge in [0.25, 0.3) is 0 Å². The van der Waals surface area contributed by atoms with Gasteiger partial charge in [0.15, 0.2) is 18.3 Å². The molecule has 0 radical (unpaired) electrons. The average molecular weight is 1070 g/mol. The molecule has 19 heteroatoms. The van der Waals surface area contributed by atoms with E-state index in [0.717, 1.165) is 92.7 Å². The van der Waals surface area contributed by atoms with Crippen molar-refractivity contribution in [3.8, 4) is 0 Å². The van der Waals surface area contributed by atoms with Gasteiger partial charge < -0.3 is 33.5 Å². The van der Waals surface area contributed by atoms with Crippen molar-refractivity contribution in [1.29, 1.82) is 0 Å². The highest BCUT2D eigenvalue weighted by Crippen LogP contribution is 2.62. The molecule has 2 aliphatic heterocycles. The van der Waals surface area contributed by atoms with Crippen LogP contribution in [-0.4, -0.2) is 139 Å². The van der Waals surface area contributed by atoms with Crippen molar-refractivity contribution in [1.82, 2.24) is 0 Å². The number of ether oxygens (including phenoxy) is 6. The number of Topliss-reactive ketones (excluding diaryl/α,β-unsaturated/α-hetero) is 2. The summed E-state index contributed by atoms with van der Waals surface area (Å²) in [6.07, 6.45) is 5.61. The van der Waals surface area contributed by atoms with Gasteiger partial charge in [-0.25, -0.2) is 9.59 Å². The SMILES string of the molecule is CC(F)(F)C(=O)OC1C2CC3CC1CC(C(=O)O)(C3)C2.COCOC(=O)C12CC3CC(C1)C(OC(=O)C(C)(F)F)C(C3)C2.O=C(C[S+]1CCOCC1)c1ccccc1.O=C(C[S+]1CCOCC1)c1ccccc1. The summed E-state index contributed by atoms with van der Waals surface area (Å²) in [6, 6.07) is 19.1. The lowest BCUT2D eigenvalue weighted by Crippen LogP contribution is -2.58. The zero-order valence-corrected chi connectivity index (χ0v) is 43.5. The van der Waals surface area contributed by atoms with Crippen molar-refractivity contribution in [3.63, 3.8) is 0 Å². The summed E-state index contributed by atoms with van der Waals surface area (Å²) >= 11 is 0. The van der Waals surface area contributed by atoms with Crippen molar-refractivity contribution in [2.24, 2.45) is 46.3 Å². The second-order valence-electron chi connectivity index (χ2n) is 21.3. The highest BCUT2D eigenvalue weighted by Gasteiger charge is 2.62. The molecule has 13 nitrogen and oxygen atoms in total. The molecule has 0 spiro atoms. The van der Waals surface area contributed by atoms with Crippen molar-refractivity contribution < 1.29 is 79.9 Å². The highest BCUT2D eigenvalue weighted by molar-refractivity contribution is 7.97. The van der Waals surface area contributed by atoms with Crippen LogP contribution in [0.4, 0.5) is 17.6 Å². The predicted molar refractivity (Wildman–Crippen MR) is 266 cm³/mol. The van der Waals surface area contributed by atoms with Crippen LogP contribution in [-0.2, 0) is 69.4 Å². The molecule has 0 aromatic heterocycles. The monoisotopic (exact) mass is 1070 g/mol. The van der Waals surface area contributed by atoms with E-state index in [-0.39, 0.29) is 69.8 Å². The number of carboxylic acids is 1. The lowest BCUT2D eigenvalue weighted by molar-refractivity contribution is -0.210. The Balaban J connectivity index is 0.000000145. The first kappa shape index (κ1) is 56.7. The van der Waals surface area contributed by atoms with Gasteiger partial charge in [0.1, 0.15) is 35.2 Å². The molecule has 8 saturated carbocycles. The van der Waals surface area contributed by atoms with Crippen LogP contribution >= 0.6 is 0 Å². The molecule has 2 heterocycles. The number of hydrogen-bond donors (Lipinski definition) is 1. The maximum absolute atomic E-state index is 13.1. The number of alkyl halides is 4. The van der Waals surface area contributed by atoms with Gasteiger partial charge in [0.2, 0.25) is 11.6 Å². The highest BCUT2D eigenvalue weighted by atomic mass is 32.2. The number of carbonyl (C=O) groups is 6. The Kier molecular flexibility index (Phi) is 19.2. The van der Waals surface area contributed by atoms with Crippen LogP contribution in [0, 0.1) is 46.3 Å². The number of methoxy groups -OCH3 is 1. The first-order chi connectivity index (χ1) is 34.7. The molecule has 73 heavy (non-hydrogen) atoms. The number of aliphatic carboxylic acids is 1. The van der Waals surface area contributed by atoms with E-state index in [1.54, 1.807) is 0 Å². The van der Waals surface area contributed by atoms with Gasteiger partial charge in [-0.05, 0) is 99.7 Å². The third-order valence-electron chi connectivity index (χ3n) is 15.7. The molecule has 12 rings (SSSR count). The van der Waals surface area contributed by atoms with Gasteiger partial charge in [-0.1, -0.05) is 60.7 Å². The molecule has 8 aliphatic carbocycles. The zero-order chi connectivity index (χ0) is 52.6. The molecule has 10 fully saturated rings. The van der Waals surface area contributed by atoms with Crippen LogP contribution in [0.1, 0.15) is 98.8 Å². The van der Waals surface area contributed by atoms with E-state index in [0.29, 0.717) is 69.3 Å². The molecule has 2 aromatic rings. The Morgan fingerprint density at radius 2 is 0.945 bits per heavy atom. The standard InChI is InChI=1S/C16H22F2O5.C14H18F2O4.2C12H15O2S/c1-15(17,18)13(19)23-12-10-3-9-4-11(12)7-16(5-9,6-10)14(20)22-8-21-2;1-13(15,16)12(19)20-10-8-2-7-3-9(10)6-14(4-7,5-8)11(17)18;2*13-12(11-4-2-1-3-5-11)10-15-8-6-14-7-9-15/h9-12H,3-8H2,1-2H3;7-10H,2-6H2,1H3,(H,17,18);2*1-5H,6-10H2/q;;2*+1. The van der Waals surface area contributed by atoms with Crippen molar-refractivity contribution in [3.05, 3.63) is 71.8 Å². The number of ketones is 2. The van der Waals surface area contributed by atoms with Gasteiger partial charge in [-0.3, -0.25) is 19.2 Å². The Bertz CT molecular complexity index is 2110. The molecular formula is C54H70F4O13S2+2. The summed E-state index contributed by atoms with van der Waals surface area (Å²) in [5, 5.41) is 9.45. The topological polar surface area (TPSA) is 178 Å². The predicted octanol–water partition coefficient (Wildman–Crippen LogP) is 8.03. The molecule has 1 N–H and O–H groups in total. The second kappa shape index (κ2) is 24.7. The molecule has 402 valence electrons. The Hall–Kier alpha value is -4.04. The first-order valence-corrected chi connectivity index (χ1v) is 28.8. The number of rotatable bonds is 14. The smallest absolute Gasteiger partial charge is 0.376 e. The minimum Gasteiger partial charge on any atom is -0.481 e. The van der Waals surface area contributed by atoms with E-state index in [4.69, 9.17) is 28.4 Å². The minimum absolute atomic E-state index is 0.0392. The fraction of sp³-hybridized carbons (Fsp3) is 0.667. The Morgan fingerprint density at radius 1 is 0.589 bits per heavy atom. The number of halogens is 4. The lowest BCUT2D eigenvalue weighted by Gasteiger charge is -2.57. The number of benzene rings is 2. The van der Waals surface area contributed by atoms with Crippen LogP contribution < -0.4 is 0 Å². The summed E-state index contributed by atoms with van der Waals surface area (Å²) in [7, 11) is 1.95. The van der Waals surface area contributed by atoms with Gasteiger partial charge in [0, 0.05) is 53.9 Å². The Labute approximate surface area is 430 Å². The van der Waals surface area contributed by atoms with E-state index < -0.39 is 52.8 Å². The zero-order valence-electron chi connectivity index (χ0n) is 41.9. The number of hydrogen-bond acceptors (Lipinski definition) is 12. The van der Waals surface area contributed by atoms with Crippen LogP contribution in [0.3, 0.4) is 0 Å². The van der Waals surface area contributed by atoms with Crippen molar-refractivity contribution in [2.75, 3.05) is 74.8 Å². The largest absolute Gasteiger partial charge is 0.481 e. The molecule has 4 atom stereocenters. The summed E-state index contributed by atoms with van der Waals surface area (Å²) in [5.41, 5.74) is 0.411. The summed E-state index contributed by atoms with van der Waals surface area (Å²) in [4.78, 5) is 70.6. The van der Waals surface area contributed by atoms with Crippen LogP contribution in [0.25, 0.3) is 0 Å².